The molecule has 0 spiro atoms. The maximum absolute atomic E-state index is 6.75. The highest BCUT2D eigenvalue weighted by Gasteiger charge is 2.21. The van der Waals surface area contributed by atoms with Crippen molar-refractivity contribution in [2.24, 2.45) is 0 Å². The maximum Gasteiger partial charge on any atom is 0.271 e. The number of rotatable bonds is 8. The van der Waals surface area contributed by atoms with E-state index >= 15 is 0 Å². The number of benzene rings is 6. The van der Waals surface area contributed by atoms with E-state index in [4.69, 9.17) is 118 Å². The zero-order valence-electron chi connectivity index (χ0n) is 48.5. The van der Waals surface area contributed by atoms with Crippen molar-refractivity contribution >= 4 is 137 Å². The highest BCUT2D eigenvalue weighted by Crippen LogP contribution is 2.45. The van der Waals surface area contributed by atoms with Crippen molar-refractivity contribution < 1.29 is 18.9 Å². The predicted octanol–water partition coefficient (Wildman–Crippen LogP) is 18.5. The number of fused-ring (bicyclic) bond motifs is 14. The average molecular weight is 1300 g/mol. The number of H-pyrrole nitrogens is 4. The Morgan fingerprint density at radius 1 is 0.318 bits per heavy atom. The third-order valence-corrected chi connectivity index (χ3v) is 13.1. The molecule has 18 nitrogen and oxygen atoms in total. The topological polar surface area (TPSA) is 229 Å². The summed E-state index contributed by atoms with van der Waals surface area (Å²) in [5, 5.41) is 17.5. The van der Waals surface area contributed by atoms with Gasteiger partial charge < -0.3 is 28.9 Å². The Hall–Kier alpha value is -8.88. The highest BCUT2D eigenvalue weighted by atomic mass is 35.6. The van der Waals surface area contributed by atoms with Crippen LogP contribution in [-0.2, 0) is 0 Å². The molecule has 0 saturated heterocycles. The van der Waals surface area contributed by atoms with Crippen molar-refractivity contribution in [2.45, 2.75) is 64.0 Å². The number of alkyl halides is 6. The van der Waals surface area contributed by atoms with Gasteiger partial charge in [-0.15, -0.1) is 10.2 Å². The second-order valence-corrected chi connectivity index (χ2v) is 23.5. The van der Waals surface area contributed by atoms with Gasteiger partial charge in [0, 0.05) is 46.3 Å². The molecule has 448 valence electrons. The van der Waals surface area contributed by atoms with Gasteiger partial charge in [-0.2, -0.15) is 29.9 Å². The van der Waals surface area contributed by atoms with Crippen LogP contribution < -0.4 is 18.9 Å². The van der Waals surface area contributed by atoms with Gasteiger partial charge in [-0.3, -0.25) is 9.97 Å². The van der Waals surface area contributed by atoms with Crippen molar-refractivity contribution in [3.8, 4) is 46.0 Å². The van der Waals surface area contributed by atoms with E-state index in [1.165, 1.54) is 0 Å². The summed E-state index contributed by atoms with van der Waals surface area (Å²) in [6.07, 6.45) is 7.00. The Morgan fingerprint density at radius 3 is 0.773 bits per heavy atom. The van der Waals surface area contributed by atoms with Crippen LogP contribution in [0.3, 0.4) is 0 Å². The monoisotopic (exact) mass is 1290 g/mol. The van der Waals surface area contributed by atoms with Gasteiger partial charge in [-0.1, -0.05) is 155 Å². The summed E-state index contributed by atoms with van der Waals surface area (Å²) < 4.78 is 25.5. The molecule has 13 rings (SSSR count). The number of hydrogen-bond acceptors (Lipinski definition) is 14. The SMILES string of the molecule is Cc1cccc(C)c1Oc1cc2c3nc4n[nH]c(n4)nc4[nH]c(nc5n[nH]c(n5)nc([nH]3)c2cc1Oc1c(C)cccc1C)c1cc(Oc2c(C)cccc2C)c(Oc2c(C)cccc2C)cc41.ClC(Cl)Cl.ClC(Cl)Cl.c1ccncc1.c1ccncc1. The fourth-order valence-corrected chi connectivity index (χ4v) is 9.08. The van der Waals surface area contributed by atoms with Gasteiger partial charge >= 0.3 is 0 Å². The number of halogens is 6. The number of aromatic nitrogens is 14. The van der Waals surface area contributed by atoms with E-state index in [9.17, 15) is 0 Å². The lowest BCUT2D eigenvalue weighted by atomic mass is 10.1. The first-order chi connectivity index (χ1) is 42.4. The summed E-state index contributed by atoms with van der Waals surface area (Å²) in [5.41, 5.74) is 9.39. The minimum absolute atomic E-state index is 0.115. The van der Waals surface area contributed by atoms with Crippen LogP contribution in [0.25, 0.3) is 67.2 Å². The van der Waals surface area contributed by atoms with Gasteiger partial charge in [0.25, 0.3) is 11.6 Å². The Bertz CT molecular complexity index is 3970. The quantitative estimate of drug-likeness (QED) is 0.104. The molecule has 0 unspecified atom stereocenters. The average Bonchev–Trinajstić information content (AvgIpc) is 3.06. The summed E-state index contributed by atoms with van der Waals surface area (Å²) in [7, 11) is 0. The normalized spacial score (nSPS) is 10.8. The Balaban J connectivity index is 0.000000395. The zero-order chi connectivity index (χ0) is 62.4. The second kappa shape index (κ2) is 29.7. The summed E-state index contributed by atoms with van der Waals surface area (Å²) in [6.45, 7) is 16.1. The standard InChI is InChI=1S/C52H44N12O4.2C5H5N.2CHCl3/c1-25-13-9-14-26(2)41(25)65-37-21-33-34(22-38(37)66-42-27(3)15-10-16-28(42)4)46-53-45(33)55-49-59-51(63-61-49)57-47-35-23-39(67-43-29(5)17-11-18-30(43)6)40(68-44-31(7)19-12-20-32(44)8)24-36(35)48(54-47)58-52-60-50(56-46)62-64-52;2*1-2-4-6-5-3-1;2*2-1(3)4/h9-24H,1-8H3,(H4,53,54,55,56,57,58,59,60,61,62,63,64);2*1-5H;2*1H. The minimum atomic E-state index is -0.750. The first-order valence-corrected chi connectivity index (χ1v) is 29.6. The molecule has 0 fully saturated rings. The lowest BCUT2D eigenvalue weighted by Crippen LogP contribution is -1.96. The highest BCUT2D eigenvalue weighted by molar-refractivity contribution is 6.63. The van der Waals surface area contributed by atoms with E-state index < -0.39 is 8.59 Å². The summed E-state index contributed by atoms with van der Waals surface area (Å²) in [5.74, 6) is 5.34. The molecule has 8 bridgehead atoms. The molecule has 7 aromatic heterocycles. The first kappa shape index (κ1) is 63.6. The van der Waals surface area contributed by atoms with Crippen LogP contribution in [0.5, 0.6) is 46.0 Å². The van der Waals surface area contributed by atoms with Crippen LogP contribution in [0.2, 0.25) is 0 Å². The lowest BCUT2D eigenvalue weighted by Gasteiger charge is -2.17. The number of aromatic amines is 4. The molecular weight excluding hydrogens is 1240 g/mol. The third-order valence-electron chi connectivity index (χ3n) is 13.1. The van der Waals surface area contributed by atoms with Gasteiger partial charge in [0.15, 0.2) is 31.6 Å². The molecule has 0 radical (unpaired) electrons. The molecule has 88 heavy (non-hydrogen) atoms. The van der Waals surface area contributed by atoms with E-state index in [1.54, 1.807) is 24.8 Å². The van der Waals surface area contributed by atoms with Gasteiger partial charge in [0.1, 0.15) is 45.6 Å². The number of aryl methyl sites for hydroxylation is 8. The van der Waals surface area contributed by atoms with E-state index in [-0.39, 0.29) is 23.1 Å². The minimum Gasteiger partial charge on any atom is -0.453 e. The van der Waals surface area contributed by atoms with Crippen molar-refractivity contribution in [3.63, 3.8) is 0 Å². The molecule has 6 aromatic carbocycles. The molecule has 0 aliphatic heterocycles. The van der Waals surface area contributed by atoms with Crippen LogP contribution in [-0.4, -0.2) is 78.8 Å². The van der Waals surface area contributed by atoms with Crippen LogP contribution in [0.4, 0.5) is 0 Å². The molecule has 0 amide bonds. The molecule has 13 aromatic rings. The van der Waals surface area contributed by atoms with Crippen LogP contribution in [0, 0.1) is 55.4 Å². The predicted molar refractivity (Wildman–Crippen MR) is 353 cm³/mol. The number of para-hydroxylation sites is 4. The number of hydrogen-bond donors (Lipinski definition) is 4. The van der Waals surface area contributed by atoms with E-state index in [2.05, 4.69) is 40.3 Å². The maximum atomic E-state index is 6.75. The van der Waals surface area contributed by atoms with Crippen molar-refractivity contribution in [3.05, 3.63) is 203 Å². The van der Waals surface area contributed by atoms with Crippen LogP contribution in [0.15, 0.2) is 158 Å². The van der Waals surface area contributed by atoms with Crippen LogP contribution in [0.1, 0.15) is 44.5 Å². The van der Waals surface area contributed by atoms with Gasteiger partial charge in [0.2, 0.25) is 11.6 Å². The zero-order valence-corrected chi connectivity index (χ0v) is 53.1. The fraction of sp³-hybridized carbons (Fsp3) is 0.156. The lowest BCUT2D eigenvalue weighted by molar-refractivity contribution is 0.413. The Morgan fingerprint density at radius 2 is 0.557 bits per heavy atom. The Labute approximate surface area is 535 Å². The number of nitrogens with zero attached hydrogens (tertiary/aromatic N) is 10. The third kappa shape index (κ3) is 16.4. The number of pyridine rings is 2. The van der Waals surface area contributed by atoms with Crippen molar-refractivity contribution in [2.75, 3.05) is 0 Å². The number of ether oxygens (including phenoxy) is 4. The second-order valence-electron chi connectivity index (χ2n) is 19.5. The van der Waals surface area contributed by atoms with E-state index in [0.29, 0.717) is 67.1 Å². The molecule has 4 N–H and O–H groups in total. The van der Waals surface area contributed by atoms with E-state index in [0.717, 1.165) is 67.5 Å². The molecule has 24 heteroatoms. The largest absolute Gasteiger partial charge is 0.453 e. The molecule has 0 saturated carbocycles. The summed E-state index contributed by atoms with van der Waals surface area (Å²) in [4.78, 5) is 43.3. The van der Waals surface area contributed by atoms with Gasteiger partial charge in [-0.25, -0.2) is 10.2 Å². The smallest absolute Gasteiger partial charge is 0.271 e. The Kier molecular flexibility index (Phi) is 21.5. The number of nitrogens with one attached hydrogen (secondary N) is 4. The van der Waals surface area contributed by atoms with Gasteiger partial charge in [0.05, 0.1) is 0 Å². The molecule has 0 atom stereocenters. The first-order valence-electron chi connectivity index (χ1n) is 27.0. The van der Waals surface area contributed by atoms with Crippen LogP contribution >= 0.6 is 69.6 Å². The van der Waals surface area contributed by atoms with Gasteiger partial charge in [-0.05, 0) is 148 Å². The molecule has 7 heterocycles. The molecular formula is C64H56Cl6N14O4. The van der Waals surface area contributed by atoms with E-state index in [1.807, 2.05) is 189 Å². The van der Waals surface area contributed by atoms with Crippen molar-refractivity contribution in [1.82, 2.24) is 70.2 Å². The molecule has 0 aliphatic rings. The van der Waals surface area contributed by atoms with Crippen molar-refractivity contribution in [1.29, 1.82) is 0 Å². The molecule has 0 aliphatic carbocycles. The summed E-state index contributed by atoms with van der Waals surface area (Å²) in [6, 6.07) is 43.1. The fourth-order valence-electron chi connectivity index (χ4n) is 9.08. The summed E-state index contributed by atoms with van der Waals surface area (Å²) >= 11 is 28.8.